The molecule has 0 aromatic heterocycles. The van der Waals surface area contributed by atoms with Crippen molar-refractivity contribution in [2.24, 2.45) is 0 Å². The number of carbonyl (C=O) groups is 2. The third-order valence-electron chi connectivity index (χ3n) is 5.58. The largest absolute Gasteiger partial charge is 0.374 e. The van der Waals surface area contributed by atoms with E-state index in [0.717, 1.165) is 32.5 Å². The molecule has 0 saturated carbocycles. The van der Waals surface area contributed by atoms with Gasteiger partial charge in [0.05, 0.1) is 12.7 Å². The fraction of sp³-hybridized carbons (Fsp3) is 0.417. The second-order valence-corrected chi connectivity index (χ2v) is 8.00. The molecule has 0 spiro atoms. The second kappa shape index (κ2) is 10.5. The summed E-state index contributed by atoms with van der Waals surface area (Å²) in [6.45, 7) is 4.24. The fourth-order valence-electron chi connectivity index (χ4n) is 3.94. The van der Waals surface area contributed by atoms with Crippen molar-refractivity contribution < 1.29 is 19.1 Å². The lowest BCUT2D eigenvalue weighted by atomic mass is 10.1. The molecule has 0 radical (unpaired) electrons. The molecule has 0 aliphatic carbocycles. The molecule has 0 unspecified atom stereocenters. The van der Waals surface area contributed by atoms with Crippen LogP contribution in [0, 0.1) is 0 Å². The molecule has 4 rings (SSSR count). The molecule has 7 nitrogen and oxygen atoms in total. The number of nitrogens with zero attached hydrogens (tertiary/aromatic N) is 1. The monoisotopic (exact) mass is 423 g/mol. The van der Waals surface area contributed by atoms with E-state index in [1.165, 1.54) is 5.56 Å². The summed E-state index contributed by atoms with van der Waals surface area (Å²) in [4.78, 5) is 27.2. The predicted molar refractivity (Wildman–Crippen MR) is 118 cm³/mol. The fourth-order valence-corrected chi connectivity index (χ4v) is 3.94. The Morgan fingerprint density at radius 1 is 1.03 bits per heavy atom. The van der Waals surface area contributed by atoms with E-state index in [2.05, 4.69) is 27.7 Å². The molecule has 2 amide bonds. The Kier molecular flexibility index (Phi) is 7.30. The highest BCUT2D eigenvalue weighted by atomic mass is 16.5. The predicted octanol–water partition coefficient (Wildman–Crippen LogP) is 2.43. The number of anilines is 1. The van der Waals surface area contributed by atoms with Crippen LogP contribution >= 0.6 is 0 Å². The van der Waals surface area contributed by atoms with Crippen LogP contribution in [0.5, 0.6) is 0 Å². The molecule has 2 N–H and O–H groups in total. The first-order chi connectivity index (χ1) is 15.2. The normalized spacial score (nSPS) is 21.5. The van der Waals surface area contributed by atoms with Crippen molar-refractivity contribution in [1.29, 1.82) is 0 Å². The summed E-state index contributed by atoms with van der Waals surface area (Å²) in [5.41, 5.74) is 2.37. The van der Waals surface area contributed by atoms with Crippen molar-refractivity contribution in [1.82, 2.24) is 10.2 Å². The van der Waals surface area contributed by atoms with Gasteiger partial charge in [0.1, 0.15) is 6.10 Å². The first-order valence-corrected chi connectivity index (χ1v) is 10.9. The summed E-state index contributed by atoms with van der Waals surface area (Å²) in [5.74, 6) is -0.346. The average molecular weight is 424 g/mol. The molecule has 7 heteroatoms. The molecule has 2 heterocycles. The second-order valence-electron chi connectivity index (χ2n) is 8.00. The molecule has 2 aromatic carbocycles. The van der Waals surface area contributed by atoms with Gasteiger partial charge in [-0.15, -0.1) is 0 Å². The minimum Gasteiger partial charge on any atom is -0.374 e. The first-order valence-electron chi connectivity index (χ1n) is 10.9. The van der Waals surface area contributed by atoms with E-state index in [1.807, 2.05) is 18.2 Å². The van der Waals surface area contributed by atoms with Gasteiger partial charge in [-0.3, -0.25) is 14.5 Å². The minimum absolute atomic E-state index is 0.0520. The van der Waals surface area contributed by atoms with Gasteiger partial charge in [0.2, 0.25) is 0 Å². The zero-order chi connectivity index (χ0) is 21.5. The number of hydrogen-bond donors (Lipinski definition) is 2. The molecule has 0 bridgehead atoms. The van der Waals surface area contributed by atoms with E-state index < -0.39 is 6.10 Å². The number of nitrogens with one attached hydrogen (secondary N) is 2. The minimum atomic E-state index is -0.403. The molecule has 2 aromatic rings. The highest BCUT2D eigenvalue weighted by molar-refractivity contribution is 5.98. The molecular weight excluding hydrogens is 394 g/mol. The Bertz CT molecular complexity index is 883. The molecule has 2 fully saturated rings. The quantitative estimate of drug-likeness (QED) is 0.715. The standard InChI is InChI=1S/C24H29N3O4/c28-23(19-8-4-9-20(14-19)26-24(29)22-10-5-12-31-22)25-15-21-17-27(11-13-30-21)16-18-6-2-1-3-7-18/h1-4,6-9,14,21-22H,5,10-13,15-17H2,(H,25,28)(H,26,29)/t21-,22+/m1/s1. The lowest BCUT2D eigenvalue weighted by molar-refractivity contribution is -0.124. The molecule has 2 aliphatic rings. The van der Waals surface area contributed by atoms with Crippen LogP contribution in [0.1, 0.15) is 28.8 Å². The van der Waals surface area contributed by atoms with Crippen LogP contribution in [0.25, 0.3) is 0 Å². The SMILES string of the molecule is O=C(NC[C@@H]1CN(Cc2ccccc2)CCO1)c1cccc(NC(=O)[C@@H]2CCCO2)c1. The number of amides is 2. The van der Waals surface area contributed by atoms with E-state index in [4.69, 9.17) is 9.47 Å². The summed E-state index contributed by atoms with van der Waals surface area (Å²) in [7, 11) is 0. The van der Waals surface area contributed by atoms with Gasteiger partial charge in [0.25, 0.3) is 11.8 Å². The van der Waals surface area contributed by atoms with Gasteiger partial charge < -0.3 is 20.1 Å². The molecule has 2 atom stereocenters. The third kappa shape index (κ3) is 6.13. The summed E-state index contributed by atoms with van der Waals surface area (Å²) >= 11 is 0. The maximum atomic E-state index is 12.6. The molecule has 31 heavy (non-hydrogen) atoms. The van der Waals surface area contributed by atoms with Crippen molar-refractivity contribution in [3.8, 4) is 0 Å². The zero-order valence-electron chi connectivity index (χ0n) is 17.6. The van der Waals surface area contributed by atoms with Gasteiger partial charge in [-0.2, -0.15) is 0 Å². The van der Waals surface area contributed by atoms with E-state index >= 15 is 0 Å². The van der Waals surface area contributed by atoms with Crippen LogP contribution < -0.4 is 10.6 Å². The Labute approximate surface area is 182 Å². The number of benzene rings is 2. The Balaban J connectivity index is 1.26. The van der Waals surface area contributed by atoms with Crippen molar-refractivity contribution in [2.45, 2.75) is 31.6 Å². The number of morpholine rings is 1. The first kappa shape index (κ1) is 21.5. The van der Waals surface area contributed by atoms with Crippen LogP contribution in [0.3, 0.4) is 0 Å². The lowest BCUT2D eigenvalue weighted by Crippen LogP contribution is -2.47. The van der Waals surface area contributed by atoms with E-state index in [0.29, 0.717) is 31.0 Å². The van der Waals surface area contributed by atoms with Crippen molar-refractivity contribution >= 4 is 17.5 Å². The van der Waals surface area contributed by atoms with Gasteiger partial charge in [-0.05, 0) is 36.6 Å². The zero-order valence-corrected chi connectivity index (χ0v) is 17.6. The van der Waals surface area contributed by atoms with Crippen LogP contribution in [0.2, 0.25) is 0 Å². The van der Waals surface area contributed by atoms with Gasteiger partial charge >= 0.3 is 0 Å². The highest BCUT2D eigenvalue weighted by Crippen LogP contribution is 2.16. The Hall–Kier alpha value is -2.74. The number of ether oxygens (including phenoxy) is 2. The van der Waals surface area contributed by atoms with Crippen molar-refractivity contribution in [3.63, 3.8) is 0 Å². The van der Waals surface area contributed by atoms with Crippen LogP contribution in [0.15, 0.2) is 54.6 Å². The maximum Gasteiger partial charge on any atom is 0.253 e. The van der Waals surface area contributed by atoms with Gasteiger partial charge in [-0.25, -0.2) is 0 Å². The Morgan fingerprint density at radius 3 is 2.71 bits per heavy atom. The summed E-state index contributed by atoms with van der Waals surface area (Å²) in [6, 6.07) is 17.3. The van der Waals surface area contributed by atoms with Crippen molar-refractivity contribution in [3.05, 3.63) is 65.7 Å². The summed E-state index contributed by atoms with van der Waals surface area (Å²) in [5, 5.41) is 5.80. The summed E-state index contributed by atoms with van der Waals surface area (Å²) < 4.78 is 11.2. The molecule has 2 saturated heterocycles. The van der Waals surface area contributed by atoms with E-state index in [1.54, 1.807) is 24.3 Å². The topological polar surface area (TPSA) is 79.9 Å². The average Bonchev–Trinajstić information content (AvgIpc) is 3.34. The van der Waals surface area contributed by atoms with Gasteiger partial charge in [0, 0.05) is 44.0 Å². The number of hydrogen-bond acceptors (Lipinski definition) is 5. The molecular formula is C24H29N3O4. The highest BCUT2D eigenvalue weighted by Gasteiger charge is 2.24. The van der Waals surface area contributed by atoms with Crippen LogP contribution in [0.4, 0.5) is 5.69 Å². The Morgan fingerprint density at radius 2 is 1.90 bits per heavy atom. The lowest BCUT2D eigenvalue weighted by Gasteiger charge is -2.33. The smallest absolute Gasteiger partial charge is 0.253 e. The van der Waals surface area contributed by atoms with Crippen LogP contribution in [-0.4, -0.2) is 61.8 Å². The van der Waals surface area contributed by atoms with E-state index in [-0.39, 0.29) is 17.9 Å². The third-order valence-corrected chi connectivity index (χ3v) is 5.58. The van der Waals surface area contributed by atoms with E-state index in [9.17, 15) is 9.59 Å². The molecule has 2 aliphatic heterocycles. The van der Waals surface area contributed by atoms with Gasteiger partial charge in [-0.1, -0.05) is 36.4 Å². The number of rotatable bonds is 7. The van der Waals surface area contributed by atoms with Crippen molar-refractivity contribution in [2.75, 3.05) is 38.2 Å². The maximum absolute atomic E-state index is 12.6. The van der Waals surface area contributed by atoms with Crippen LogP contribution in [-0.2, 0) is 20.8 Å². The number of carbonyl (C=O) groups excluding carboxylic acids is 2. The van der Waals surface area contributed by atoms with Gasteiger partial charge in [0.15, 0.2) is 0 Å². The summed E-state index contributed by atoms with van der Waals surface area (Å²) in [6.07, 6.45) is 1.17. The molecule has 164 valence electrons.